The first-order chi connectivity index (χ1) is 8.25. The van der Waals surface area contributed by atoms with Crippen molar-refractivity contribution in [3.05, 3.63) is 55.6 Å². The second-order valence-electron chi connectivity index (χ2n) is 3.27. The molecule has 0 aliphatic heterocycles. The molecule has 0 aliphatic carbocycles. The highest BCUT2D eigenvalue weighted by molar-refractivity contribution is 7.09. The molecule has 2 nitrogen and oxygen atoms in total. The Hall–Kier alpha value is -1.21. The Morgan fingerprint density at radius 1 is 1.24 bits per heavy atom. The number of halogens is 2. The fourth-order valence-electron chi connectivity index (χ4n) is 1.20. The van der Waals surface area contributed by atoms with Crippen molar-refractivity contribution < 1.29 is 0 Å². The van der Waals surface area contributed by atoms with E-state index in [-0.39, 0.29) is 0 Å². The number of nitrogens with zero attached hydrogens (tertiary/aromatic N) is 1. The van der Waals surface area contributed by atoms with E-state index in [9.17, 15) is 0 Å². The highest BCUT2D eigenvalue weighted by Gasteiger charge is 2.01. The summed E-state index contributed by atoms with van der Waals surface area (Å²) in [5.41, 5.74) is 3.64. The molecule has 1 N–H and O–H groups in total. The molecule has 1 heterocycles. The summed E-state index contributed by atoms with van der Waals surface area (Å²) >= 11 is 13.4. The summed E-state index contributed by atoms with van der Waals surface area (Å²) in [6, 6.07) is 12.2. The highest BCUT2D eigenvalue weighted by atomic mass is 35.5. The predicted octanol–water partition coefficient (Wildman–Crippen LogP) is 4.96. The number of hydrogen-bond acceptors (Lipinski definition) is 2. The van der Waals surface area contributed by atoms with Crippen LogP contribution in [-0.4, -0.2) is 0 Å². The third kappa shape index (κ3) is 3.64. The van der Waals surface area contributed by atoms with Gasteiger partial charge in [-0.1, -0.05) is 29.3 Å². The molecule has 0 saturated heterocycles. The van der Waals surface area contributed by atoms with Gasteiger partial charge in [-0.05, 0) is 35.1 Å². The van der Waals surface area contributed by atoms with Gasteiger partial charge in [0.2, 0.25) is 0 Å². The first kappa shape index (κ1) is 12.3. The minimum absolute atomic E-state index is 0.505. The van der Waals surface area contributed by atoms with E-state index in [0.29, 0.717) is 16.5 Å². The Morgan fingerprint density at radius 2 is 2.12 bits per heavy atom. The Morgan fingerprint density at radius 3 is 2.82 bits per heavy atom. The van der Waals surface area contributed by atoms with Gasteiger partial charge in [-0.25, -0.2) is 0 Å². The lowest BCUT2D eigenvalue weighted by Gasteiger charge is -1.94. The Kier molecular flexibility index (Phi) is 4.27. The second-order valence-corrected chi connectivity index (χ2v) is 5.11. The topological polar surface area (TPSA) is 16.4 Å². The molecule has 5 heteroatoms. The SMILES string of the molecule is Clc1ccc(N[N+]#CCc2cccs2)cc1Cl. The standard InChI is InChI=1S/C12H9Cl2N2S/c13-11-4-3-9(8-12(11)14)16-15-6-5-10-2-1-7-17-10/h1-4,7-8,16H,5H2/q+1. The molecule has 0 atom stereocenters. The summed E-state index contributed by atoms with van der Waals surface area (Å²) < 4.78 is 0. The van der Waals surface area contributed by atoms with Crippen LogP contribution in [0.5, 0.6) is 0 Å². The summed E-state index contributed by atoms with van der Waals surface area (Å²) in [7, 11) is 0. The zero-order valence-corrected chi connectivity index (χ0v) is 11.1. The number of thiophene rings is 1. The molecule has 0 aliphatic rings. The zero-order valence-electron chi connectivity index (χ0n) is 8.78. The molecule has 2 aromatic rings. The first-order valence-corrected chi connectivity index (χ1v) is 6.55. The molecule has 2 rings (SSSR count). The van der Waals surface area contributed by atoms with Gasteiger partial charge in [0.1, 0.15) is 12.1 Å². The van der Waals surface area contributed by atoms with E-state index < -0.39 is 0 Å². The van der Waals surface area contributed by atoms with Gasteiger partial charge < -0.3 is 0 Å². The van der Waals surface area contributed by atoms with Crippen LogP contribution in [0.3, 0.4) is 0 Å². The van der Waals surface area contributed by atoms with E-state index >= 15 is 0 Å². The van der Waals surface area contributed by atoms with Crippen LogP contribution in [0.25, 0.3) is 4.95 Å². The van der Waals surface area contributed by atoms with Crippen LogP contribution >= 0.6 is 34.5 Å². The quantitative estimate of drug-likeness (QED) is 0.771. The molecular weight excluding hydrogens is 275 g/mol. The maximum absolute atomic E-state index is 5.88. The van der Waals surface area contributed by atoms with E-state index in [4.69, 9.17) is 23.2 Å². The minimum atomic E-state index is 0.505. The van der Waals surface area contributed by atoms with Crippen LogP contribution in [0, 0.1) is 6.07 Å². The van der Waals surface area contributed by atoms with Crippen molar-refractivity contribution in [1.29, 1.82) is 0 Å². The third-order valence-corrected chi connectivity index (χ3v) is 3.63. The number of nitrogens with one attached hydrogen (secondary N) is 1. The van der Waals surface area contributed by atoms with Crippen molar-refractivity contribution >= 4 is 40.2 Å². The first-order valence-electron chi connectivity index (χ1n) is 4.92. The van der Waals surface area contributed by atoms with Gasteiger partial charge in [0.05, 0.1) is 15.0 Å². The summed E-state index contributed by atoms with van der Waals surface area (Å²) in [4.78, 5) is 5.22. The average molecular weight is 284 g/mol. The van der Waals surface area contributed by atoms with Crippen LogP contribution in [-0.2, 0) is 6.42 Å². The van der Waals surface area contributed by atoms with Crippen LogP contribution < -0.4 is 5.43 Å². The Labute approximate surface area is 114 Å². The second kappa shape index (κ2) is 5.92. The summed E-state index contributed by atoms with van der Waals surface area (Å²) in [5, 5.41) is 3.07. The van der Waals surface area contributed by atoms with E-state index in [1.165, 1.54) is 4.88 Å². The van der Waals surface area contributed by atoms with Crippen LogP contribution in [0.2, 0.25) is 10.0 Å². The maximum atomic E-state index is 5.88. The Balaban J connectivity index is 1.93. The molecule has 0 bridgehead atoms. The smallest absolute Gasteiger partial charge is 0.148 e. The van der Waals surface area contributed by atoms with Crippen molar-refractivity contribution in [2.45, 2.75) is 6.42 Å². The molecule has 0 fully saturated rings. The van der Waals surface area contributed by atoms with E-state index in [0.717, 1.165) is 5.69 Å². The predicted molar refractivity (Wildman–Crippen MR) is 75.4 cm³/mol. The summed E-state index contributed by atoms with van der Waals surface area (Å²) in [5.74, 6) is 0. The normalized spacial score (nSPS) is 9.53. The lowest BCUT2D eigenvalue weighted by atomic mass is 10.3. The lowest BCUT2D eigenvalue weighted by Crippen LogP contribution is -1.84. The van der Waals surface area contributed by atoms with Crippen LogP contribution in [0.1, 0.15) is 4.88 Å². The number of benzene rings is 1. The minimum Gasteiger partial charge on any atom is -0.148 e. The number of rotatable bonds is 2. The van der Waals surface area contributed by atoms with Gasteiger partial charge in [0.15, 0.2) is 0 Å². The fourth-order valence-corrected chi connectivity index (χ4v) is 2.14. The molecule has 0 unspecified atom stereocenters. The molecule has 17 heavy (non-hydrogen) atoms. The van der Waals surface area contributed by atoms with E-state index in [1.54, 1.807) is 23.5 Å². The van der Waals surface area contributed by atoms with Gasteiger partial charge >= 0.3 is 6.07 Å². The van der Waals surface area contributed by atoms with Crippen molar-refractivity contribution in [2.24, 2.45) is 0 Å². The van der Waals surface area contributed by atoms with Gasteiger partial charge in [0.25, 0.3) is 0 Å². The molecular formula is C12H9Cl2N2S+. The number of anilines is 1. The maximum Gasteiger partial charge on any atom is 0.325 e. The average Bonchev–Trinajstić information content (AvgIpc) is 2.82. The zero-order chi connectivity index (χ0) is 12.1. The highest BCUT2D eigenvalue weighted by Crippen LogP contribution is 2.24. The van der Waals surface area contributed by atoms with E-state index in [1.807, 2.05) is 23.6 Å². The number of hydrogen-bond donors (Lipinski definition) is 1. The lowest BCUT2D eigenvalue weighted by molar-refractivity contribution is 1.39. The third-order valence-electron chi connectivity index (χ3n) is 2.02. The molecule has 86 valence electrons. The van der Waals surface area contributed by atoms with Crippen molar-refractivity contribution in [3.8, 4) is 6.07 Å². The summed E-state index contributed by atoms with van der Waals surface area (Å²) in [6.07, 6.45) is 0.700. The van der Waals surface area contributed by atoms with Crippen molar-refractivity contribution in [2.75, 3.05) is 5.43 Å². The fraction of sp³-hybridized carbons (Fsp3) is 0.0833. The Bertz CT molecular complexity index is 556. The molecule has 1 aromatic heterocycles. The molecule has 0 radical (unpaired) electrons. The summed E-state index contributed by atoms with van der Waals surface area (Å²) in [6.45, 7) is 0. The van der Waals surface area contributed by atoms with Crippen LogP contribution in [0.4, 0.5) is 5.69 Å². The van der Waals surface area contributed by atoms with Crippen molar-refractivity contribution in [3.63, 3.8) is 0 Å². The van der Waals surface area contributed by atoms with Gasteiger partial charge in [-0.2, -0.15) is 0 Å². The monoisotopic (exact) mass is 283 g/mol. The van der Waals surface area contributed by atoms with Gasteiger partial charge in [0, 0.05) is 4.88 Å². The molecule has 0 saturated carbocycles. The van der Waals surface area contributed by atoms with Gasteiger partial charge in [-0.3, -0.25) is 0 Å². The largest absolute Gasteiger partial charge is 0.325 e. The van der Waals surface area contributed by atoms with Crippen molar-refractivity contribution in [1.82, 2.24) is 0 Å². The molecule has 0 spiro atoms. The molecule has 1 aromatic carbocycles. The van der Waals surface area contributed by atoms with E-state index in [2.05, 4.69) is 16.4 Å². The molecule has 0 amide bonds. The van der Waals surface area contributed by atoms with Crippen LogP contribution in [0.15, 0.2) is 35.7 Å². The van der Waals surface area contributed by atoms with Gasteiger partial charge in [-0.15, -0.1) is 11.3 Å².